The molecule has 0 aliphatic heterocycles. The lowest BCUT2D eigenvalue weighted by atomic mass is 10.0. The van der Waals surface area contributed by atoms with E-state index in [0.29, 0.717) is 38.0 Å². The Hall–Kier alpha value is -1.29. The Morgan fingerprint density at radius 3 is 2.33 bits per heavy atom. The van der Waals surface area contributed by atoms with Gasteiger partial charge in [0.25, 0.3) is 0 Å². The lowest BCUT2D eigenvalue weighted by molar-refractivity contribution is 0.112. The zero-order chi connectivity index (χ0) is 13.3. The molecule has 3 nitrogen and oxygen atoms in total. The molecule has 0 amide bonds. The second kappa shape index (κ2) is 5.14. The summed E-state index contributed by atoms with van der Waals surface area (Å²) in [5.41, 5.74) is 7.30. The van der Waals surface area contributed by atoms with Gasteiger partial charge in [0.2, 0.25) is 0 Å². The topological polar surface area (TPSA) is 56.0 Å². The molecule has 2 N–H and O–H groups in total. The minimum absolute atomic E-state index is 0.265. The second-order valence-corrected chi connectivity index (χ2v) is 4.79. The van der Waals surface area contributed by atoms with Crippen molar-refractivity contribution in [1.82, 2.24) is 4.98 Å². The minimum atomic E-state index is 0.265. The maximum absolute atomic E-state index is 10.7. The van der Waals surface area contributed by atoms with E-state index in [1.54, 1.807) is 12.1 Å². The van der Waals surface area contributed by atoms with Crippen molar-refractivity contribution in [3.05, 3.63) is 45.0 Å². The number of pyridine rings is 1. The van der Waals surface area contributed by atoms with Crippen LogP contribution in [0.5, 0.6) is 0 Å². The number of hydrogen-bond acceptors (Lipinski definition) is 3. The van der Waals surface area contributed by atoms with Crippen molar-refractivity contribution in [2.24, 2.45) is 0 Å². The molecule has 0 saturated heterocycles. The van der Waals surface area contributed by atoms with Crippen LogP contribution in [-0.2, 0) is 0 Å². The van der Waals surface area contributed by atoms with Gasteiger partial charge < -0.3 is 5.73 Å². The number of carbonyl (C=O) groups is 1. The average molecular weight is 302 g/mol. The molecule has 0 saturated carbocycles. The number of benzene rings is 1. The number of anilines is 1. The van der Waals surface area contributed by atoms with Crippen LogP contribution in [0.3, 0.4) is 0 Å². The molecule has 1 aromatic carbocycles. The van der Waals surface area contributed by atoms with E-state index < -0.39 is 0 Å². The van der Waals surface area contributed by atoms with E-state index in [9.17, 15) is 4.79 Å². The fourth-order valence-electron chi connectivity index (χ4n) is 1.50. The normalized spacial score (nSPS) is 10.4. The Morgan fingerprint density at radius 1 is 1.00 bits per heavy atom. The first-order chi connectivity index (χ1) is 8.52. The zero-order valence-corrected chi connectivity index (χ0v) is 11.2. The third-order valence-electron chi connectivity index (χ3n) is 2.38. The van der Waals surface area contributed by atoms with Crippen LogP contribution in [0, 0.1) is 0 Å². The van der Waals surface area contributed by atoms with E-state index in [4.69, 9.17) is 40.5 Å². The van der Waals surface area contributed by atoms with Crippen LogP contribution in [0.4, 0.5) is 5.82 Å². The summed E-state index contributed by atoms with van der Waals surface area (Å²) in [5, 5.41) is 1.09. The molecule has 1 aromatic heterocycles. The summed E-state index contributed by atoms with van der Waals surface area (Å²) in [6.45, 7) is 0. The number of rotatable bonds is 2. The van der Waals surface area contributed by atoms with Gasteiger partial charge in [-0.1, -0.05) is 34.8 Å². The molecule has 0 aliphatic carbocycles. The Bertz CT molecular complexity index is 629. The Labute approximate surface area is 118 Å². The van der Waals surface area contributed by atoms with Gasteiger partial charge in [-0.25, -0.2) is 4.98 Å². The van der Waals surface area contributed by atoms with Crippen molar-refractivity contribution < 1.29 is 4.79 Å². The number of hydrogen-bond donors (Lipinski definition) is 1. The van der Waals surface area contributed by atoms with Crippen molar-refractivity contribution in [2.45, 2.75) is 0 Å². The summed E-state index contributed by atoms with van der Waals surface area (Å²) < 4.78 is 0. The van der Waals surface area contributed by atoms with E-state index in [2.05, 4.69) is 4.98 Å². The first kappa shape index (κ1) is 13.1. The molecule has 0 spiro atoms. The standard InChI is InChI=1S/C12H7Cl3N2O/c13-9-3-11(15)10(14)2-7(9)8-1-6(5-18)4-17-12(8)16/h1-5H,(H2,16,17). The van der Waals surface area contributed by atoms with Crippen LogP contribution in [0.25, 0.3) is 11.1 Å². The van der Waals surface area contributed by atoms with Gasteiger partial charge in [-0.05, 0) is 18.2 Å². The fraction of sp³-hybridized carbons (Fsp3) is 0. The van der Waals surface area contributed by atoms with Crippen LogP contribution < -0.4 is 5.73 Å². The molecule has 92 valence electrons. The molecule has 0 fully saturated rings. The molecular weight excluding hydrogens is 295 g/mol. The van der Waals surface area contributed by atoms with Crippen molar-refractivity contribution in [3.8, 4) is 11.1 Å². The number of aldehydes is 1. The molecule has 6 heteroatoms. The smallest absolute Gasteiger partial charge is 0.151 e. The second-order valence-electron chi connectivity index (χ2n) is 3.57. The molecule has 2 aromatic rings. The lowest BCUT2D eigenvalue weighted by Gasteiger charge is -2.09. The third-order valence-corrected chi connectivity index (χ3v) is 3.41. The van der Waals surface area contributed by atoms with Crippen molar-refractivity contribution in [2.75, 3.05) is 5.73 Å². The number of halogens is 3. The summed E-state index contributed by atoms with van der Waals surface area (Å²) in [4.78, 5) is 14.7. The molecule has 0 radical (unpaired) electrons. The minimum Gasteiger partial charge on any atom is -0.383 e. The van der Waals surface area contributed by atoms with Crippen molar-refractivity contribution in [3.63, 3.8) is 0 Å². The maximum atomic E-state index is 10.7. The third kappa shape index (κ3) is 2.43. The highest BCUT2D eigenvalue weighted by Crippen LogP contribution is 2.37. The van der Waals surface area contributed by atoms with Gasteiger partial charge in [0, 0.05) is 22.9 Å². The monoisotopic (exact) mass is 300 g/mol. The maximum Gasteiger partial charge on any atom is 0.151 e. The SMILES string of the molecule is Nc1ncc(C=O)cc1-c1cc(Cl)c(Cl)cc1Cl. The molecular formula is C12H7Cl3N2O. The van der Waals surface area contributed by atoms with Gasteiger partial charge in [0.05, 0.1) is 15.1 Å². The molecule has 0 aliphatic rings. The number of nitrogen functional groups attached to an aromatic ring is 1. The molecule has 0 bridgehead atoms. The van der Waals surface area contributed by atoms with Crippen LogP contribution in [0.2, 0.25) is 15.1 Å². The van der Waals surface area contributed by atoms with Crippen molar-refractivity contribution in [1.29, 1.82) is 0 Å². The molecule has 0 unspecified atom stereocenters. The predicted molar refractivity (Wildman–Crippen MR) is 74.5 cm³/mol. The summed E-state index contributed by atoms with van der Waals surface area (Å²) in [7, 11) is 0. The highest BCUT2D eigenvalue weighted by Gasteiger charge is 2.12. The van der Waals surface area contributed by atoms with Crippen LogP contribution in [0.15, 0.2) is 24.4 Å². The van der Waals surface area contributed by atoms with Gasteiger partial charge in [-0.15, -0.1) is 0 Å². The number of carbonyl (C=O) groups excluding carboxylic acids is 1. The van der Waals surface area contributed by atoms with Crippen molar-refractivity contribution >= 4 is 46.9 Å². The quantitative estimate of drug-likeness (QED) is 0.671. The molecule has 18 heavy (non-hydrogen) atoms. The predicted octanol–water partition coefficient (Wildman–Crippen LogP) is 4.10. The highest BCUT2D eigenvalue weighted by molar-refractivity contribution is 6.44. The first-order valence-corrected chi connectivity index (χ1v) is 6.02. The highest BCUT2D eigenvalue weighted by atomic mass is 35.5. The van der Waals surface area contributed by atoms with Gasteiger partial charge >= 0.3 is 0 Å². The van der Waals surface area contributed by atoms with Gasteiger partial charge in [0.1, 0.15) is 5.82 Å². The zero-order valence-electron chi connectivity index (χ0n) is 8.95. The van der Waals surface area contributed by atoms with E-state index in [1.807, 2.05) is 0 Å². The Morgan fingerprint density at radius 2 is 1.67 bits per heavy atom. The first-order valence-electron chi connectivity index (χ1n) is 4.88. The molecule has 0 atom stereocenters. The number of nitrogens with two attached hydrogens (primary N) is 1. The summed E-state index contributed by atoms with van der Waals surface area (Å²) in [5.74, 6) is 0.265. The fourth-order valence-corrected chi connectivity index (χ4v) is 2.15. The molecule has 2 rings (SSSR count). The number of aromatic nitrogens is 1. The van der Waals surface area contributed by atoms with E-state index >= 15 is 0 Å². The van der Waals surface area contributed by atoms with Crippen LogP contribution in [0.1, 0.15) is 10.4 Å². The van der Waals surface area contributed by atoms with E-state index in [1.165, 1.54) is 12.3 Å². The van der Waals surface area contributed by atoms with E-state index in [-0.39, 0.29) is 5.82 Å². The lowest BCUT2D eigenvalue weighted by Crippen LogP contribution is -1.96. The van der Waals surface area contributed by atoms with Gasteiger partial charge in [-0.2, -0.15) is 0 Å². The average Bonchev–Trinajstić information content (AvgIpc) is 2.35. The Kier molecular flexibility index (Phi) is 3.76. The molecule has 1 heterocycles. The summed E-state index contributed by atoms with van der Waals surface area (Å²) >= 11 is 17.9. The summed E-state index contributed by atoms with van der Waals surface area (Å²) in [6, 6.07) is 4.71. The number of nitrogens with zero attached hydrogens (tertiary/aromatic N) is 1. The summed E-state index contributed by atoms with van der Waals surface area (Å²) in [6.07, 6.45) is 2.07. The van der Waals surface area contributed by atoms with Crippen LogP contribution in [-0.4, -0.2) is 11.3 Å². The van der Waals surface area contributed by atoms with Crippen LogP contribution >= 0.6 is 34.8 Å². The van der Waals surface area contributed by atoms with Gasteiger partial charge in [0.15, 0.2) is 6.29 Å². The largest absolute Gasteiger partial charge is 0.383 e. The Balaban J connectivity index is 2.68. The van der Waals surface area contributed by atoms with Gasteiger partial charge in [-0.3, -0.25) is 4.79 Å². The van der Waals surface area contributed by atoms with E-state index in [0.717, 1.165) is 0 Å².